The minimum atomic E-state index is -0.212. The minimum Gasteiger partial charge on any atom is -0.364 e. The fourth-order valence-corrected chi connectivity index (χ4v) is 2.73. The summed E-state index contributed by atoms with van der Waals surface area (Å²) in [5.74, 6) is 1.14. The molecule has 23 heavy (non-hydrogen) atoms. The van der Waals surface area contributed by atoms with Crippen molar-refractivity contribution in [3.63, 3.8) is 0 Å². The van der Waals surface area contributed by atoms with Crippen molar-refractivity contribution in [2.75, 3.05) is 6.54 Å². The average molecular weight is 319 g/mol. The standard InChI is InChI=1S/C15H21N5O3/c1-10-12(9-22-18-10)7-16-13-5-3-4-6-20(15(13)21)8-14-17-11(2)19-23-14/h9,13,16H,3-8H2,1-2H3. The van der Waals surface area contributed by atoms with Crippen molar-refractivity contribution >= 4 is 5.91 Å². The van der Waals surface area contributed by atoms with Gasteiger partial charge in [-0.25, -0.2) is 0 Å². The van der Waals surface area contributed by atoms with Crippen LogP contribution >= 0.6 is 0 Å². The van der Waals surface area contributed by atoms with Gasteiger partial charge in [0.05, 0.1) is 11.7 Å². The molecule has 1 fully saturated rings. The molecule has 1 aliphatic heterocycles. The first-order chi connectivity index (χ1) is 11.1. The number of hydrogen-bond acceptors (Lipinski definition) is 7. The van der Waals surface area contributed by atoms with Crippen molar-refractivity contribution in [3.8, 4) is 0 Å². The predicted octanol–water partition coefficient (Wildman–Crippen LogP) is 1.35. The number of aromatic nitrogens is 3. The summed E-state index contributed by atoms with van der Waals surface area (Å²) >= 11 is 0. The number of aryl methyl sites for hydroxylation is 2. The number of nitrogens with zero attached hydrogens (tertiary/aromatic N) is 4. The van der Waals surface area contributed by atoms with Gasteiger partial charge in [0, 0.05) is 18.7 Å². The molecule has 3 rings (SSSR count). The van der Waals surface area contributed by atoms with E-state index in [0.717, 1.165) is 30.5 Å². The average Bonchev–Trinajstić information content (AvgIpc) is 3.08. The Bertz CT molecular complexity index is 666. The summed E-state index contributed by atoms with van der Waals surface area (Å²) in [6, 6.07) is -0.212. The Labute approximate surface area is 134 Å². The number of carbonyl (C=O) groups is 1. The van der Waals surface area contributed by atoms with Crippen molar-refractivity contribution in [1.29, 1.82) is 0 Å². The monoisotopic (exact) mass is 319 g/mol. The predicted molar refractivity (Wildman–Crippen MR) is 80.2 cm³/mol. The van der Waals surface area contributed by atoms with Crippen LogP contribution in [0.15, 0.2) is 15.3 Å². The maximum Gasteiger partial charge on any atom is 0.246 e. The summed E-state index contributed by atoms with van der Waals surface area (Å²) in [6.07, 6.45) is 4.42. The fraction of sp³-hybridized carbons (Fsp3) is 0.600. The molecule has 8 heteroatoms. The van der Waals surface area contributed by atoms with Crippen LogP contribution in [0.5, 0.6) is 0 Å². The Morgan fingerprint density at radius 2 is 2.22 bits per heavy atom. The molecule has 0 spiro atoms. The van der Waals surface area contributed by atoms with E-state index in [0.29, 0.717) is 31.3 Å². The van der Waals surface area contributed by atoms with Crippen LogP contribution in [0.1, 0.15) is 42.2 Å². The van der Waals surface area contributed by atoms with Crippen LogP contribution in [0.2, 0.25) is 0 Å². The Balaban J connectivity index is 1.63. The SMILES string of the molecule is Cc1noc(CN2CCCCC(NCc3conc3C)C2=O)n1. The molecule has 124 valence electrons. The third-order valence-electron chi connectivity index (χ3n) is 4.06. The molecule has 0 saturated carbocycles. The molecule has 8 nitrogen and oxygen atoms in total. The summed E-state index contributed by atoms with van der Waals surface area (Å²) < 4.78 is 10.1. The molecule has 0 bridgehead atoms. The zero-order chi connectivity index (χ0) is 16.2. The molecular formula is C15H21N5O3. The summed E-state index contributed by atoms with van der Waals surface area (Å²) in [6.45, 7) is 5.30. The van der Waals surface area contributed by atoms with Crippen molar-refractivity contribution in [2.24, 2.45) is 0 Å². The van der Waals surface area contributed by atoms with E-state index in [1.807, 2.05) is 6.92 Å². The van der Waals surface area contributed by atoms with Crippen LogP contribution < -0.4 is 5.32 Å². The normalized spacial score (nSPS) is 19.1. The first-order valence-electron chi connectivity index (χ1n) is 7.84. The van der Waals surface area contributed by atoms with Crippen LogP contribution in [0.25, 0.3) is 0 Å². The number of rotatable bonds is 5. The van der Waals surface area contributed by atoms with E-state index in [4.69, 9.17) is 9.05 Å². The number of hydrogen-bond donors (Lipinski definition) is 1. The zero-order valence-corrected chi connectivity index (χ0v) is 13.4. The molecule has 1 aliphatic rings. The molecule has 0 aromatic carbocycles. The van der Waals surface area contributed by atoms with E-state index in [2.05, 4.69) is 20.6 Å². The number of carbonyl (C=O) groups excluding carboxylic acids is 1. The van der Waals surface area contributed by atoms with Crippen molar-refractivity contribution in [2.45, 2.75) is 52.2 Å². The van der Waals surface area contributed by atoms with Crippen molar-refractivity contribution in [3.05, 3.63) is 29.2 Å². The fourth-order valence-electron chi connectivity index (χ4n) is 2.73. The second-order valence-electron chi connectivity index (χ2n) is 5.85. The molecule has 0 aliphatic carbocycles. The van der Waals surface area contributed by atoms with E-state index >= 15 is 0 Å². The first kappa shape index (κ1) is 15.7. The molecule has 1 atom stereocenters. The maximum absolute atomic E-state index is 12.7. The summed E-state index contributed by atoms with van der Waals surface area (Å²) in [7, 11) is 0. The lowest BCUT2D eigenvalue weighted by molar-refractivity contribution is -0.133. The summed E-state index contributed by atoms with van der Waals surface area (Å²) in [5, 5.41) is 10.9. The molecule has 1 N–H and O–H groups in total. The Hall–Kier alpha value is -2.22. The van der Waals surface area contributed by atoms with Gasteiger partial charge < -0.3 is 19.3 Å². The van der Waals surface area contributed by atoms with Crippen molar-refractivity contribution in [1.82, 2.24) is 25.5 Å². The smallest absolute Gasteiger partial charge is 0.246 e. The molecule has 1 amide bonds. The van der Waals surface area contributed by atoms with Gasteiger partial charge in [0.2, 0.25) is 11.8 Å². The molecule has 2 aromatic heterocycles. The van der Waals surface area contributed by atoms with Crippen molar-refractivity contribution < 1.29 is 13.8 Å². The first-order valence-corrected chi connectivity index (χ1v) is 7.84. The second-order valence-corrected chi connectivity index (χ2v) is 5.85. The van der Waals surface area contributed by atoms with E-state index < -0.39 is 0 Å². The van der Waals surface area contributed by atoms with Gasteiger partial charge >= 0.3 is 0 Å². The third kappa shape index (κ3) is 3.76. The molecule has 1 saturated heterocycles. The van der Waals surface area contributed by atoms with Gasteiger partial charge in [0.1, 0.15) is 12.8 Å². The quantitative estimate of drug-likeness (QED) is 0.888. The Morgan fingerprint density at radius 1 is 1.35 bits per heavy atom. The van der Waals surface area contributed by atoms with E-state index in [9.17, 15) is 4.79 Å². The van der Waals surface area contributed by atoms with E-state index in [-0.39, 0.29) is 11.9 Å². The number of amides is 1. The van der Waals surface area contributed by atoms with Gasteiger partial charge in [-0.05, 0) is 33.1 Å². The summed E-state index contributed by atoms with van der Waals surface area (Å²) in [5.41, 5.74) is 1.82. The van der Waals surface area contributed by atoms with Gasteiger partial charge in [-0.15, -0.1) is 0 Å². The van der Waals surface area contributed by atoms with Gasteiger partial charge in [-0.3, -0.25) is 4.79 Å². The zero-order valence-electron chi connectivity index (χ0n) is 13.4. The van der Waals surface area contributed by atoms with E-state index in [1.54, 1.807) is 18.1 Å². The highest BCUT2D eigenvalue weighted by Crippen LogP contribution is 2.16. The summed E-state index contributed by atoms with van der Waals surface area (Å²) in [4.78, 5) is 18.7. The second kappa shape index (κ2) is 6.91. The lowest BCUT2D eigenvalue weighted by atomic mass is 10.1. The Morgan fingerprint density at radius 3 is 2.91 bits per heavy atom. The highest BCUT2D eigenvalue weighted by atomic mass is 16.5. The van der Waals surface area contributed by atoms with Crippen LogP contribution in [-0.4, -0.2) is 38.7 Å². The highest BCUT2D eigenvalue weighted by Gasteiger charge is 2.28. The Kier molecular flexibility index (Phi) is 4.71. The van der Waals surface area contributed by atoms with Gasteiger partial charge in [-0.1, -0.05) is 10.3 Å². The number of likely N-dealkylation sites (tertiary alicyclic amines) is 1. The van der Waals surface area contributed by atoms with Crippen LogP contribution in [0.3, 0.4) is 0 Å². The van der Waals surface area contributed by atoms with Gasteiger partial charge in [0.15, 0.2) is 5.82 Å². The third-order valence-corrected chi connectivity index (χ3v) is 4.06. The highest BCUT2D eigenvalue weighted by molar-refractivity contribution is 5.82. The number of nitrogens with one attached hydrogen (secondary N) is 1. The van der Waals surface area contributed by atoms with Crippen LogP contribution in [0, 0.1) is 13.8 Å². The molecule has 1 unspecified atom stereocenters. The molecule has 0 radical (unpaired) electrons. The lowest BCUT2D eigenvalue weighted by Crippen LogP contribution is -2.44. The van der Waals surface area contributed by atoms with Gasteiger partial charge in [0.25, 0.3) is 0 Å². The lowest BCUT2D eigenvalue weighted by Gasteiger charge is -2.23. The van der Waals surface area contributed by atoms with E-state index in [1.165, 1.54) is 0 Å². The molecule has 3 heterocycles. The van der Waals surface area contributed by atoms with Gasteiger partial charge in [-0.2, -0.15) is 4.98 Å². The van der Waals surface area contributed by atoms with Crippen LogP contribution in [-0.2, 0) is 17.9 Å². The van der Waals surface area contributed by atoms with Crippen LogP contribution in [0.4, 0.5) is 0 Å². The topological polar surface area (TPSA) is 97.3 Å². The largest absolute Gasteiger partial charge is 0.364 e. The molecule has 2 aromatic rings. The maximum atomic E-state index is 12.7. The molecular weight excluding hydrogens is 298 g/mol. The minimum absolute atomic E-state index is 0.0764.